The number of carboxylic acids is 1. The minimum atomic E-state index is -1.18. The smallest absolute Gasteiger partial charge is 0.331 e. The molecule has 1 aromatic heterocycles. The predicted molar refractivity (Wildman–Crippen MR) is 60.6 cm³/mol. The van der Waals surface area contributed by atoms with Crippen LogP contribution in [-0.4, -0.2) is 27.3 Å². The number of aliphatic imine (C=N–C) groups is 1. The summed E-state index contributed by atoms with van der Waals surface area (Å²) in [7, 11) is 0. The third kappa shape index (κ3) is 1.98. The first-order valence-electron chi connectivity index (χ1n) is 5.63. The molecule has 0 saturated carbocycles. The average Bonchev–Trinajstić information content (AvgIpc) is 2.74. The number of aromatic nitrogens is 1. The van der Waals surface area contributed by atoms with Gasteiger partial charge in [-0.05, 0) is 31.4 Å². The number of pyridine rings is 1. The molecule has 96 valence electrons. The Morgan fingerprint density at radius 1 is 1.50 bits per heavy atom. The van der Waals surface area contributed by atoms with E-state index in [-0.39, 0.29) is 5.56 Å². The summed E-state index contributed by atoms with van der Waals surface area (Å²) in [4.78, 5) is 18.4. The SMILES string of the molecule is CC[C@]1(C(=O)O)CCC(c2ccc(F)nc2F)=N1. The lowest BCUT2D eigenvalue weighted by molar-refractivity contribution is -0.143. The summed E-state index contributed by atoms with van der Waals surface area (Å²) in [6.45, 7) is 1.72. The van der Waals surface area contributed by atoms with Crippen molar-refractivity contribution in [3.8, 4) is 0 Å². The Bertz CT molecular complexity index is 531. The lowest BCUT2D eigenvalue weighted by Gasteiger charge is -2.17. The molecule has 0 radical (unpaired) electrons. The van der Waals surface area contributed by atoms with Gasteiger partial charge in [-0.3, -0.25) is 4.99 Å². The summed E-state index contributed by atoms with van der Waals surface area (Å²) >= 11 is 0. The van der Waals surface area contributed by atoms with Crippen LogP contribution in [0.15, 0.2) is 17.1 Å². The van der Waals surface area contributed by atoms with Crippen LogP contribution in [0, 0.1) is 11.9 Å². The van der Waals surface area contributed by atoms with Gasteiger partial charge in [0.1, 0.15) is 0 Å². The van der Waals surface area contributed by atoms with E-state index >= 15 is 0 Å². The van der Waals surface area contributed by atoms with E-state index < -0.39 is 23.4 Å². The van der Waals surface area contributed by atoms with Gasteiger partial charge in [0.05, 0.1) is 5.56 Å². The zero-order valence-electron chi connectivity index (χ0n) is 9.78. The molecule has 0 saturated heterocycles. The van der Waals surface area contributed by atoms with Crippen molar-refractivity contribution in [1.82, 2.24) is 4.98 Å². The third-order valence-electron chi connectivity index (χ3n) is 3.23. The van der Waals surface area contributed by atoms with Crippen LogP contribution in [0.25, 0.3) is 0 Å². The number of rotatable bonds is 3. The molecule has 1 aromatic rings. The molecule has 0 aliphatic carbocycles. The van der Waals surface area contributed by atoms with Gasteiger partial charge < -0.3 is 5.11 Å². The average molecular weight is 254 g/mol. The first-order chi connectivity index (χ1) is 8.48. The van der Waals surface area contributed by atoms with E-state index in [2.05, 4.69) is 9.98 Å². The fourth-order valence-corrected chi connectivity index (χ4v) is 2.08. The van der Waals surface area contributed by atoms with Gasteiger partial charge in [-0.1, -0.05) is 6.92 Å². The van der Waals surface area contributed by atoms with Gasteiger partial charge >= 0.3 is 5.97 Å². The van der Waals surface area contributed by atoms with Crippen molar-refractivity contribution in [2.24, 2.45) is 4.99 Å². The molecule has 0 amide bonds. The summed E-state index contributed by atoms with van der Waals surface area (Å²) in [6.07, 6.45) is 1.01. The fourth-order valence-electron chi connectivity index (χ4n) is 2.08. The Kier molecular flexibility index (Phi) is 3.11. The van der Waals surface area contributed by atoms with Gasteiger partial charge in [0.2, 0.25) is 11.9 Å². The molecule has 0 spiro atoms. The van der Waals surface area contributed by atoms with Gasteiger partial charge in [0, 0.05) is 5.71 Å². The van der Waals surface area contributed by atoms with Gasteiger partial charge in [-0.15, -0.1) is 0 Å². The van der Waals surface area contributed by atoms with Gasteiger partial charge in [-0.25, -0.2) is 4.79 Å². The molecule has 18 heavy (non-hydrogen) atoms. The summed E-state index contributed by atoms with van der Waals surface area (Å²) in [5, 5.41) is 9.17. The van der Waals surface area contributed by atoms with Crippen LogP contribution < -0.4 is 0 Å². The van der Waals surface area contributed by atoms with Crippen LogP contribution in [0.4, 0.5) is 8.78 Å². The van der Waals surface area contributed by atoms with Gasteiger partial charge in [0.15, 0.2) is 5.54 Å². The highest BCUT2D eigenvalue weighted by Gasteiger charge is 2.41. The minimum Gasteiger partial charge on any atom is -0.479 e. The second kappa shape index (κ2) is 4.44. The molecule has 1 aliphatic rings. The normalized spacial score (nSPS) is 22.9. The number of hydrogen-bond acceptors (Lipinski definition) is 3. The molecule has 6 heteroatoms. The standard InChI is InChI=1S/C12H12F2N2O2/c1-2-12(11(17)18)6-5-8(16-12)7-3-4-9(13)15-10(7)14/h3-4H,2,5-6H2,1H3,(H,17,18)/t12-/m1/s1. The topological polar surface area (TPSA) is 62.5 Å². The molecule has 1 atom stereocenters. The zero-order chi connectivity index (χ0) is 13.3. The van der Waals surface area contributed by atoms with Crippen molar-refractivity contribution in [2.45, 2.75) is 31.7 Å². The first kappa shape index (κ1) is 12.6. The van der Waals surface area contributed by atoms with E-state index in [1.807, 2.05) is 0 Å². The predicted octanol–water partition coefficient (Wildman–Crippen LogP) is 2.18. The molecule has 0 unspecified atom stereocenters. The van der Waals surface area contributed by atoms with Crippen molar-refractivity contribution in [3.05, 3.63) is 29.6 Å². The number of aliphatic carboxylic acids is 1. The Morgan fingerprint density at radius 3 is 2.72 bits per heavy atom. The number of hydrogen-bond donors (Lipinski definition) is 1. The lowest BCUT2D eigenvalue weighted by atomic mass is 9.94. The molecular formula is C12H12F2N2O2. The molecule has 1 N–H and O–H groups in total. The van der Waals surface area contributed by atoms with E-state index in [4.69, 9.17) is 5.11 Å². The van der Waals surface area contributed by atoms with Crippen LogP contribution in [0.1, 0.15) is 31.7 Å². The third-order valence-corrected chi connectivity index (χ3v) is 3.23. The van der Waals surface area contributed by atoms with E-state index in [0.717, 1.165) is 6.07 Å². The van der Waals surface area contributed by atoms with E-state index in [0.29, 0.717) is 25.0 Å². The van der Waals surface area contributed by atoms with Crippen molar-refractivity contribution in [3.63, 3.8) is 0 Å². The number of carbonyl (C=O) groups is 1. The largest absolute Gasteiger partial charge is 0.479 e. The second-order valence-electron chi connectivity index (χ2n) is 4.22. The maximum Gasteiger partial charge on any atom is 0.331 e. The highest BCUT2D eigenvalue weighted by atomic mass is 19.1. The fraction of sp³-hybridized carbons (Fsp3) is 0.417. The number of carboxylic acid groups (broad SMARTS) is 1. The first-order valence-corrected chi connectivity index (χ1v) is 5.63. The zero-order valence-corrected chi connectivity index (χ0v) is 9.78. The second-order valence-corrected chi connectivity index (χ2v) is 4.22. The van der Waals surface area contributed by atoms with Crippen molar-refractivity contribution < 1.29 is 18.7 Å². The van der Waals surface area contributed by atoms with Crippen molar-refractivity contribution >= 4 is 11.7 Å². The molecule has 4 nitrogen and oxygen atoms in total. The maximum atomic E-state index is 13.5. The monoisotopic (exact) mass is 254 g/mol. The summed E-state index contributed by atoms with van der Waals surface area (Å²) < 4.78 is 26.2. The van der Waals surface area contributed by atoms with E-state index in [1.165, 1.54) is 6.07 Å². The minimum absolute atomic E-state index is 0.0768. The summed E-state index contributed by atoms with van der Waals surface area (Å²) in [5.74, 6) is -2.88. The van der Waals surface area contributed by atoms with Crippen LogP contribution in [0.5, 0.6) is 0 Å². The molecule has 2 rings (SSSR count). The molecular weight excluding hydrogens is 242 g/mol. The van der Waals surface area contributed by atoms with Crippen molar-refractivity contribution in [1.29, 1.82) is 0 Å². The van der Waals surface area contributed by atoms with Crippen LogP contribution in [0.3, 0.4) is 0 Å². The number of halogens is 2. The van der Waals surface area contributed by atoms with Gasteiger partial charge in [0.25, 0.3) is 0 Å². The molecule has 0 fully saturated rings. The Labute approximate surface area is 102 Å². The van der Waals surface area contributed by atoms with E-state index in [1.54, 1.807) is 6.92 Å². The molecule has 0 aromatic carbocycles. The van der Waals surface area contributed by atoms with Crippen LogP contribution >= 0.6 is 0 Å². The molecule has 0 bridgehead atoms. The Hall–Kier alpha value is -1.85. The summed E-state index contributed by atoms with van der Waals surface area (Å²) in [5.41, 5.74) is -0.770. The van der Waals surface area contributed by atoms with Crippen LogP contribution in [0.2, 0.25) is 0 Å². The molecule has 1 aliphatic heterocycles. The quantitative estimate of drug-likeness (QED) is 0.841. The Morgan fingerprint density at radius 2 is 2.22 bits per heavy atom. The highest BCUT2D eigenvalue weighted by molar-refractivity contribution is 6.04. The van der Waals surface area contributed by atoms with Crippen LogP contribution in [-0.2, 0) is 4.79 Å². The molecule has 2 heterocycles. The Balaban J connectivity index is 2.41. The van der Waals surface area contributed by atoms with Crippen molar-refractivity contribution in [2.75, 3.05) is 0 Å². The van der Waals surface area contributed by atoms with E-state index in [9.17, 15) is 13.6 Å². The van der Waals surface area contributed by atoms with Gasteiger partial charge in [-0.2, -0.15) is 13.8 Å². The lowest BCUT2D eigenvalue weighted by Crippen LogP contribution is -2.33. The highest BCUT2D eigenvalue weighted by Crippen LogP contribution is 2.32. The summed E-state index contributed by atoms with van der Waals surface area (Å²) in [6, 6.07) is 2.28. The maximum absolute atomic E-state index is 13.5. The number of nitrogens with zero attached hydrogens (tertiary/aromatic N) is 2.